The average Bonchev–Trinajstić information content (AvgIpc) is 3.15. The van der Waals surface area contributed by atoms with Crippen molar-refractivity contribution in [3.63, 3.8) is 0 Å². The summed E-state index contributed by atoms with van der Waals surface area (Å²) in [5, 5.41) is 3.09. The van der Waals surface area contributed by atoms with Crippen LogP contribution in [0.3, 0.4) is 0 Å². The van der Waals surface area contributed by atoms with Gasteiger partial charge in [-0.25, -0.2) is 0 Å². The van der Waals surface area contributed by atoms with E-state index in [9.17, 15) is 4.79 Å². The highest BCUT2D eigenvalue weighted by Crippen LogP contribution is 2.26. The zero-order valence-corrected chi connectivity index (χ0v) is 14.4. The number of carbonyl (C=O) groups is 1. The van der Waals surface area contributed by atoms with E-state index in [1.807, 2.05) is 19.9 Å². The van der Waals surface area contributed by atoms with Gasteiger partial charge < -0.3 is 9.73 Å². The highest BCUT2D eigenvalue weighted by molar-refractivity contribution is 7.99. The lowest BCUT2D eigenvalue weighted by Crippen LogP contribution is -2.43. The molecule has 0 spiro atoms. The Morgan fingerprint density at radius 2 is 2.14 bits per heavy atom. The van der Waals surface area contributed by atoms with Crippen LogP contribution < -0.4 is 5.32 Å². The summed E-state index contributed by atoms with van der Waals surface area (Å²) < 4.78 is 5.43. The van der Waals surface area contributed by atoms with Gasteiger partial charge in [0.15, 0.2) is 0 Å². The maximum atomic E-state index is 12.2. The van der Waals surface area contributed by atoms with Crippen molar-refractivity contribution in [1.29, 1.82) is 0 Å². The molecule has 2 fully saturated rings. The Morgan fingerprint density at radius 3 is 2.73 bits per heavy atom. The minimum atomic E-state index is 0.00368. The second kappa shape index (κ2) is 7.09. The molecule has 2 aliphatic rings. The largest absolute Gasteiger partial charge is 0.466 e. The molecule has 1 N–H and O–H groups in total. The Bertz CT molecular complexity index is 515. The van der Waals surface area contributed by atoms with Crippen molar-refractivity contribution < 1.29 is 9.21 Å². The predicted molar refractivity (Wildman–Crippen MR) is 90.5 cm³/mol. The monoisotopic (exact) mass is 322 g/mol. The van der Waals surface area contributed by atoms with Gasteiger partial charge in [0.25, 0.3) is 5.91 Å². The molecule has 5 heteroatoms. The molecule has 1 aromatic heterocycles. The van der Waals surface area contributed by atoms with Crippen molar-refractivity contribution in [3.8, 4) is 0 Å². The molecule has 0 saturated carbocycles. The first-order chi connectivity index (χ1) is 10.6. The Hall–Kier alpha value is -0.940. The van der Waals surface area contributed by atoms with Crippen molar-refractivity contribution >= 4 is 17.7 Å². The number of piperidine rings is 1. The molecule has 0 aliphatic carbocycles. The number of likely N-dealkylation sites (tertiary alicyclic amines) is 1. The lowest BCUT2D eigenvalue weighted by Gasteiger charge is -2.35. The fraction of sp³-hybridized carbons (Fsp3) is 0.706. The van der Waals surface area contributed by atoms with Crippen LogP contribution in [-0.2, 0) is 0 Å². The summed E-state index contributed by atoms with van der Waals surface area (Å²) in [4.78, 5) is 14.9. The van der Waals surface area contributed by atoms with Crippen LogP contribution in [-0.4, -0.2) is 48.0 Å². The van der Waals surface area contributed by atoms with Gasteiger partial charge in [-0.1, -0.05) is 0 Å². The van der Waals surface area contributed by atoms with Crippen molar-refractivity contribution in [2.45, 2.75) is 39.2 Å². The molecule has 1 amide bonds. The first-order valence-corrected chi connectivity index (χ1v) is 9.46. The molecule has 0 aromatic carbocycles. The molecule has 122 valence electrons. The van der Waals surface area contributed by atoms with E-state index in [0.717, 1.165) is 18.3 Å². The lowest BCUT2D eigenvalue weighted by molar-refractivity contribution is 0.0927. The fourth-order valence-electron chi connectivity index (χ4n) is 3.52. The van der Waals surface area contributed by atoms with Crippen LogP contribution in [0.15, 0.2) is 10.5 Å². The molecule has 2 aliphatic heterocycles. The number of hydrogen-bond acceptors (Lipinski definition) is 4. The summed E-state index contributed by atoms with van der Waals surface area (Å²) in [7, 11) is 0. The number of hydrogen-bond donors (Lipinski definition) is 1. The van der Waals surface area contributed by atoms with E-state index in [4.69, 9.17) is 4.42 Å². The van der Waals surface area contributed by atoms with E-state index in [2.05, 4.69) is 22.0 Å². The third kappa shape index (κ3) is 3.69. The minimum absolute atomic E-state index is 0.00368. The van der Waals surface area contributed by atoms with E-state index in [1.54, 1.807) is 0 Å². The number of aryl methyl sites for hydroxylation is 2. The number of furan rings is 1. The summed E-state index contributed by atoms with van der Waals surface area (Å²) >= 11 is 2.08. The van der Waals surface area contributed by atoms with Gasteiger partial charge in [-0.2, -0.15) is 11.8 Å². The van der Waals surface area contributed by atoms with Gasteiger partial charge in [0, 0.05) is 18.3 Å². The molecule has 0 radical (unpaired) electrons. The van der Waals surface area contributed by atoms with Crippen LogP contribution in [0.1, 0.15) is 41.1 Å². The van der Waals surface area contributed by atoms with Crippen molar-refractivity contribution in [1.82, 2.24) is 10.2 Å². The van der Waals surface area contributed by atoms with E-state index < -0.39 is 0 Å². The SMILES string of the molecule is Cc1cc(C(=O)NCC2CCN(C3CCSC3)CC2)c(C)o1. The highest BCUT2D eigenvalue weighted by Gasteiger charge is 2.27. The third-order valence-corrected chi connectivity index (χ3v) is 6.05. The summed E-state index contributed by atoms with van der Waals surface area (Å²) in [6.07, 6.45) is 3.75. The molecule has 22 heavy (non-hydrogen) atoms. The maximum Gasteiger partial charge on any atom is 0.254 e. The van der Waals surface area contributed by atoms with Crippen molar-refractivity contribution in [2.75, 3.05) is 31.1 Å². The van der Waals surface area contributed by atoms with E-state index in [1.165, 1.54) is 43.9 Å². The van der Waals surface area contributed by atoms with Crippen LogP contribution in [0.4, 0.5) is 0 Å². The molecule has 3 heterocycles. The summed E-state index contributed by atoms with van der Waals surface area (Å²) in [5.41, 5.74) is 0.679. The first-order valence-electron chi connectivity index (χ1n) is 8.30. The molecular formula is C17H26N2O2S. The standard InChI is InChI=1S/C17H26N2O2S/c1-12-9-16(13(2)21-12)17(20)18-10-14-3-6-19(7-4-14)15-5-8-22-11-15/h9,14-15H,3-8,10-11H2,1-2H3,(H,18,20). The molecular weight excluding hydrogens is 296 g/mol. The minimum Gasteiger partial charge on any atom is -0.466 e. The quantitative estimate of drug-likeness (QED) is 0.926. The van der Waals surface area contributed by atoms with E-state index in [0.29, 0.717) is 17.2 Å². The Labute approximate surface area is 137 Å². The Balaban J connectivity index is 1.43. The highest BCUT2D eigenvalue weighted by atomic mass is 32.2. The van der Waals surface area contributed by atoms with E-state index in [-0.39, 0.29) is 5.91 Å². The van der Waals surface area contributed by atoms with Gasteiger partial charge >= 0.3 is 0 Å². The average molecular weight is 322 g/mol. The van der Waals surface area contributed by atoms with Crippen LogP contribution in [0.5, 0.6) is 0 Å². The predicted octanol–water partition coefficient (Wildman–Crippen LogP) is 2.84. The van der Waals surface area contributed by atoms with Crippen molar-refractivity contribution in [3.05, 3.63) is 23.2 Å². The maximum absolute atomic E-state index is 12.2. The molecule has 0 bridgehead atoms. The zero-order chi connectivity index (χ0) is 15.5. The zero-order valence-electron chi connectivity index (χ0n) is 13.6. The Morgan fingerprint density at radius 1 is 1.36 bits per heavy atom. The van der Waals surface area contributed by atoms with E-state index >= 15 is 0 Å². The first kappa shape index (κ1) is 15.9. The van der Waals surface area contributed by atoms with Gasteiger partial charge in [0.1, 0.15) is 11.5 Å². The van der Waals surface area contributed by atoms with Crippen LogP contribution in [0.25, 0.3) is 0 Å². The smallest absolute Gasteiger partial charge is 0.254 e. The molecule has 2 saturated heterocycles. The van der Waals surface area contributed by atoms with Gasteiger partial charge in [-0.05, 0) is 63.9 Å². The topological polar surface area (TPSA) is 45.5 Å². The summed E-state index contributed by atoms with van der Waals surface area (Å²) in [5.74, 6) is 4.76. The van der Waals surface area contributed by atoms with Gasteiger partial charge in [-0.15, -0.1) is 0 Å². The molecule has 1 aromatic rings. The number of rotatable bonds is 4. The van der Waals surface area contributed by atoms with Gasteiger partial charge in [-0.3, -0.25) is 9.69 Å². The number of carbonyl (C=O) groups excluding carboxylic acids is 1. The fourth-order valence-corrected chi connectivity index (χ4v) is 4.78. The van der Waals surface area contributed by atoms with Crippen molar-refractivity contribution in [2.24, 2.45) is 5.92 Å². The summed E-state index contributed by atoms with van der Waals surface area (Å²) in [6.45, 7) is 6.89. The summed E-state index contributed by atoms with van der Waals surface area (Å²) in [6, 6.07) is 2.63. The molecule has 1 atom stereocenters. The number of thioether (sulfide) groups is 1. The van der Waals surface area contributed by atoms with Gasteiger partial charge in [0.05, 0.1) is 5.56 Å². The van der Waals surface area contributed by atoms with Crippen LogP contribution in [0.2, 0.25) is 0 Å². The lowest BCUT2D eigenvalue weighted by atomic mass is 9.95. The normalized spacial score (nSPS) is 23.8. The number of amides is 1. The molecule has 3 rings (SSSR count). The number of nitrogens with one attached hydrogen (secondary N) is 1. The molecule has 4 nitrogen and oxygen atoms in total. The van der Waals surface area contributed by atoms with Gasteiger partial charge in [0.2, 0.25) is 0 Å². The molecule has 1 unspecified atom stereocenters. The van der Waals surface area contributed by atoms with Crippen LogP contribution >= 0.6 is 11.8 Å². The Kier molecular flexibility index (Phi) is 5.14. The van der Waals surface area contributed by atoms with Crippen LogP contribution in [0, 0.1) is 19.8 Å². The second-order valence-corrected chi connectivity index (χ2v) is 7.68. The number of nitrogens with zero attached hydrogens (tertiary/aromatic N) is 1. The second-order valence-electron chi connectivity index (χ2n) is 6.53. The third-order valence-electron chi connectivity index (χ3n) is 4.91.